The quantitative estimate of drug-likeness (QED) is 0.0611. The molecule has 0 aromatic heterocycles. The minimum absolute atomic E-state index is 0.0221. The molecule has 3 atom stereocenters. The maximum Gasteiger partial charge on any atom is 0.338 e. The van der Waals surface area contributed by atoms with Gasteiger partial charge in [0, 0.05) is 92.3 Å². The summed E-state index contributed by atoms with van der Waals surface area (Å²) in [4.78, 5) is 46.2. The molecule has 83 heavy (non-hydrogen) atoms. The van der Waals surface area contributed by atoms with Crippen LogP contribution in [0.3, 0.4) is 0 Å². The maximum atomic E-state index is 14.7. The van der Waals surface area contributed by atoms with Gasteiger partial charge in [-0.3, -0.25) is 14.1 Å². The van der Waals surface area contributed by atoms with Gasteiger partial charge in [0.1, 0.15) is 18.0 Å². The zero-order chi connectivity index (χ0) is 58.3. The van der Waals surface area contributed by atoms with Crippen molar-refractivity contribution >= 4 is 60.7 Å². The minimum atomic E-state index is -5.12. The molecule has 3 unspecified atom stereocenters. The van der Waals surface area contributed by atoms with E-state index < -0.39 is 70.9 Å². The van der Waals surface area contributed by atoms with Crippen molar-refractivity contribution < 1.29 is 64.7 Å². The summed E-state index contributed by atoms with van der Waals surface area (Å²) in [5.74, 6) is -2.66. The Kier molecular flexibility index (Phi) is 11.6. The molecule has 8 aliphatic heterocycles. The van der Waals surface area contributed by atoms with Crippen LogP contribution in [-0.2, 0) is 61.5 Å². The first kappa shape index (κ1) is 53.1. The van der Waals surface area contributed by atoms with Gasteiger partial charge in [-0.25, -0.2) is 19.0 Å². The molecule has 6 aromatic rings. The predicted octanol–water partition coefficient (Wildman–Crippen LogP) is 6.59. The number of hydrogen-bond acceptors (Lipinski definition) is 13. The molecule has 0 amide bonds. The van der Waals surface area contributed by atoms with Gasteiger partial charge in [-0.1, -0.05) is 39.8 Å². The fourth-order valence-electron chi connectivity index (χ4n) is 14.3. The predicted molar refractivity (Wildman–Crippen MR) is 305 cm³/mol. The van der Waals surface area contributed by atoms with E-state index in [9.17, 15) is 50.5 Å². The third-order valence-electron chi connectivity index (χ3n) is 19.0. The standard InChI is InChI=1S/C63H58N4O14S2/c1-29-62(3,4)45-26-42-47(43-27-46-50(65-30(2)63(46,5)6)58(83(76,77)78)56(43)81-55(42)57(49(45)64-29)82(73,74)75)31-13-15-32(16-14-31)61(72)79-36-25-44-52-34(11-8-21-67(52)28-36)23-41-48(39-24-35(59(68)69)17-18-37(39)60(70)71)40-22-33-10-7-19-66-20-9-12-38(51(33)66)53(40)80-54(41)44/h13-18,22-24,26-27,29-30,36H,7-12,19-21,25,28H2,1-6H3,(H4-,64,65,68,69,70,71,73,74,75,76,77,78)/p+1. The van der Waals surface area contributed by atoms with Crippen molar-refractivity contribution in [2.75, 3.05) is 36.4 Å². The summed E-state index contributed by atoms with van der Waals surface area (Å²) in [6.45, 7) is 14.2. The van der Waals surface area contributed by atoms with E-state index in [1.54, 1.807) is 36.4 Å². The average molecular weight is 1160 g/mol. The van der Waals surface area contributed by atoms with Crippen molar-refractivity contribution in [3.05, 3.63) is 160 Å². The van der Waals surface area contributed by atoms with E-state index in [4.69, 9.17) is 14.2 Å². The summed E-state index contributed by atoms with van der Waals surface area (Å²) in [5, 5.41) is 26.0. The van der Waals surface area contributed by atoms with Crippen LogP contribution in [0, 0.1) is 0 Å². The lowest BCUT2D eigenvalue weighted by atomic mass is 9.78. The Labute approximate surface area is 477 Å². The van der Waals surface area contributed by atoms with Gasteiger partial charge in [0.2, 0.25) is 5.36 Å². The Morgan fingerprint density at radius 3 is 2.08 bits per heavy atom. The number of carboxylic acid groups (broad SMARTS) is 2. The minimum Gasteiger partial charge on any atom is -0.478 e. The van der Waals surface area contributed by atoms with Crippen molar-refractivity contribution in [2.24, 2.45) is 4.99 Å². The van der Waals surface area contributed by atoms with Crippen LogP contribution in [0.2, 0.25) is 0 Å². The number of aromatic carboxylic acids is 2. The molecule has 0 bridgehead atoms. The summed E-state index contributed by atoms with van der Waals surface area (Å²) >= 11 is 0. The number of hydrogen-bond donors (Lipinski definition) is 5. The number of aryl methyl sites for hydroxylation is 2. The Morgan fingerprint density at radius 2 is 1.37 bits per heavy atom. The number of nitrogens with zero attached hydrogens (tertiary/aromatic N) is 3. The van der Waals surface area contributed by atoms with E-state index in [1.165, 1.54) is 18.2 Å². The lowest BCUT2D eigenvalue weighted by Crippen LogP contribution is -2.51. The molecule has 18 nitrogen and oxygen atoms in total. The Morgan fingerprint density at radius 1 is 0.699 bits per heavy atom. The van der Waals surface area contributed by atoms with Crippen LogP contribution in [0.5, 0.6) is 23.0 Å². The van der Waals surface area contributed by atoms with Gasteiger partial charge in [-0.2, -0.15) is 16.8 Å². The van der Waals surface area contributed by atoms with Gasteiger partial charge in [-0.05, 0) is 128 Å². The number of carboxylic acids is 2. The Hall–Kier alpha value is -7.91. The first-order chi connectivity index (χ1) is 39.3. The molecule has 8 aliphatic rings. The molecule has 20 heteroatoms. The summed E-state index contributed by atoms with van der Waals surface area (Å²) in [6, 6.07) is 17.5. The first-order valence-electron chi connectivity index (χ1n) is 28.1. The smallest absolute Gasteiger partial charge is 0.338 e. The lowest BCUT2D eigenvalue weighted by molar-refractivity contribution is 0.0270. The number of benzene rings is 6. The maximum absolute atomic E-state index is 14.7. The fraction of sp³-hybridized carbons (Fsp3) is 0.349. The molecule has 0 aliphatic carbocycles. The highest BCUT2D eigenvalue weighted by atomic mass is 32.2. The number of esters is 1. The highest BCUT2D eigenvalue weighted by Gasteiger charge is 2.47. The van der Waals surface area contributed by atoms with Crippen molar-refractivity contribution in [2.45, 2.75) is 125 Å². The summed E-state index contributed by atoms with van der Waals surface area (Å²) in [5.41, 5.74) is 7.43. The van der Waals surface area contributed by atoms with E-state index >= 15 is 0 Å². The molecule has 426 valence electrons. The zero-order valence-corrected chi connectivity index (χ0v) is 48.0. The molecule has 0 saturated heterocycles. The number of fused-ring (bicyclic) bond motifs is 8. The van der Waals surface area contributed by atoms with E-state index in [0.717, 1.165) is 78.5 Å². The highest BCUT2D eigenvalue weighted by Crippen LogP contribution is 2.54. The van der Waals surface area contributed by atoms with Gasteiger partial charge in [-0.15, -0.1) is 0 Å². The van der Waals surface area contributed by atoms with Crippen LogP contribution in [0.4, 0.5) is 11.4 Å². The number of ether oxygens (including phenoxy) is 3. The average Bonchev–Trinajstić information content (AvgIpc) is 2.22. The van der Waals surface area contributed by atoms with E-state index in [0.29, 0.717) is 69.6 Å². The third kappa shape index (κ3) is 7.88. The molecule has 6 aromatic carbocycles. The fourth-order valence-corrected chi connectivity index (χ4v) is 15.9. The van der Waals surface area contributed by atoms with E-state index in [1.807, 2.05) is 41.5 Å². The Bertz CT molecular complexity index is 4570. The van der Waals surface area contributed by atoms with E-state index in [2.05, 4.69) is 31.9 Å². The molecule has 0 spiro atoms. The molecule has 8 heterocycles. The number of carbonyl (C=O) groups is 3. The highest BCUT2D eigenvalue weighted by molar-refractivity contribution is 7.86. The third-order valence-corrected chi connectivity index (χ3v) is 20.8. The number of anilines is 2. The van der Waals surface area contributed by atoms with Gasteiger partial charge in [0.05, 0.1) is 39.3 Å². The Balaban J connectivity index is 0.902. The van der Waals surface area contributed by atoms with Gasteiger partial charge >= 0.3 is 17.9 Å². The van der Waals surface area contributed by atoms with Crippen LogP contribution < -0.4 is 45.4 Å². The summed E-state index contributed by atoms with van der Waals surface area (Å²) in [7, 11) is -10.2. The number of carbonyl (C=O) groups excluding carboxylic acids is 1. The number of nitrogens with one attached hydrogen (secondary N) is 1. The van der Waals surface area contributed by atoms with Gasteiger partial charge in [0.15, 0.2) is 33.9 Å². The van der Waals surface area contributed by atoms with E-state index in [-0.39, 0.29) is 68.0 Å². The van der Waals surface area contributed by atoms with Gasteiger partial charge in [0.25, 0.3) is 20.2 Å². The topological polar surface area (TPSA) is 259 Å². The second-order valence-electron chi connectivity index (χ2n) is 24.4. The summed E-state index contributed by atoms with van der Waals surface area (Å²) in [6.07, 6.45) is 4.42. The SMILES string of the molecule is CC1N=c2c(cc3c(c2S(=O)(=O)O)Oc2c(cc4c(c2S(=O)(=O)O)NC(C)C4(C)C)C=3c2ccc(C(=O)OC3Cc4c5c(cc6c4=[N+](CCC6)C3)=C(c3cc(C(=O)O)ccc3C(=O)O)c3cc4c6c(c3O5)CCCN6CCC4)cc2)C1(C)C. The second kappa shape index (κ2) is 18.0. The van der Waals surface area contributed by atoms with Crippen molar-refractivity contribution in [3.8, 4) is 23.0 Å². The van der Waals surface area contributed by atoms with Crippen molar-refractivity contribution in [1.29, 1.82) is 0 Å². The van der Waals surface area contributed by atoms with Crippen LogP contribution in [0.1, 0.15) is 148 Å². The number of rotatable bonds is 8. The van der Waals surface area contributed by atoms with Crippen LogP contribution in [-0.4, -0.2) is 98.4 Å². The van der Waals surface area contributed by atoms with Crippen LogP contribution in [0.25, 0.3) is 11.1 Å². The zero-order valence-electron chi connectivity index (χ0n) is 46.4. The largest absolute Gasteiger partial charge is 0.478 e. The summed E-state index contributed by atoms with van der Waals surface area (Å²) < 4.78 is 98.9. The normalized spacial score (nSPS) is 20.8. The molecular formula is C63H59N4O14S2+. The van der Waals surface area contributed by atoms with Crippen LogP contribution in [0.15, 0.2) is 81.5 Å². The molecule has 0 saturated carbocycles. The molecule has 14 rings (SSSR count). The van der Waals surface area contributed by atoms with Gasteiger partial charge < -0.3 is 34.6 Å². The van der Waals surface area contributed by atoms with Crippen molar-refractivity contribution in [3.63, 3.8) is 0 Å². The van der Waals surface area contributed by atoms with Crippen LogP contribution >= 0.6 is 0 Å². The van der Waals surface area contributed by atoms with Crippen molar-refractivity contribution in [1.82, 2.24) is 4.58 Å². The second-order valence-corrected chi connectivity index (χ2v) is 27.1. The lowest BCUT2D eigenvalue weighted by Gasteiger charge is -2.39. The molecule has 0 fully saturated rings. The monoisotopic (exact) mass is 1160 g/mol. The first-order valence-corrected chi connectivity index (χ1v) is 31.0. The molecular weight excluding hydrogens is 1100 g/mol. The molecule has 5 N–H and O–H groups in total. The molecule has 0 radical (unpaired) electrons.